The van der Waals surface area contributed by atoms with E-state index in [9.17, 15) is 4.79 Å². The number of benzene rings is 1. The molecular weight excluding hydrogens is 388 g/mol. The summed E-state index contributed by atoms with van der Waals surface area (Å²) in [5, 5.41) is 13.6. The molecule has 0 saturated heterocycles. The molecule has 7 nitrogen and oxygen atoms in total. The van der Waals surface area contributed by atoms with Gasteiger partial charge in [0.25, 0.3) is 5.91 Å². The lowest BCUT2D eigenvalue weighted by Crippen LogP contribution is -2.41. The number of rotatable bonds is 4. The molecule has 4 aromatic rings. The van der Waals surface area contributed by atoms with Crippen LogP contribution in [-0.4, -0.2) is 41.9 Å². The highest BCUT2D eigenvalue weighted by Crippen LogP contribution is 2.29. The Labute approximate surface area is 181 Å². The van der Waals surface area contributed by atoms with Crippen LogP contribution in [0.3, 0.4) is 0 Å². The van der Waals surface area contributed by atoms with E-state index in [4.69, 9.17) is 0 Å². The van der Waals surface area contributed by atoms with Crippen molar-refractivity contribution in [3.63, 3.8) is 0 Å². The second-order valence-corrected chi connectivity index (χ2v) is 8.57. The van der Waals surface area contributed by atoms with Crippen LogP contribution >= 0.6 is 0 Å². The third kappa shape index (κ3) is 3.65. The summed E-state index contributed by atoms with van der Waals surface area (Å²) in [6.07, 6.45) is 8.94. The molecule has 31 heavy (non-hydrogen) atoms. The third-order valence-corrected chi connectivity index (χ3v) is 6.30. The fourth-order valence-electron chi connectivity index (χ4n) is 4.90. The Hall–Kier alpha value is -3.35. The van der Waals surface area contributed by atoms with Crippen molar-refractivity contribution in [2.24, 2.45) is 0 Å². The van der Waals surface area contributed by atoms with Gasteiger partial charge in [0.2, 0.25) is 0 Å². The van der Waals surface area contributed by atoms with Crippen molar-refractivity contribution in [2.45, 2.75) is 58.5 Å². The molecule has 0 N–H and O–H groups in total. The first-order valence-corrected chi connectivity index (χ1v) is 10.9. The van der Waals surface area contributed by atoms with Crippen LogP contribution in [0.1, 0.15) is 59.2 Å². The van der Waals surface area contributed by atoms with Crippen molar-refractivity contribution in [1.82, 2.24) is 29.9 Å². The van der Waals surface area contributed by atoms with Crippen LogP contribution in [0, 0.1) is 13.8 Å². The van der Waals surface area contributed by atoms with Gasteiger partial charge in [0, 0.05) is 29.4 Å². The van der Waals surface area contributed by atoms with Gasteiger partial charge in [-0.1, -0.05) is 30.9 Å². The van der Waals surface area contributed by atoms with E-state index in [1.807, 2.05) is 21.5 Å². The lowest BCUT2D eigenvalue weighted by Gasteiger charge is -2.34. The summed E-state index contributed by atoms with van der Waals surface area (Å²) in [6.45, 7) is 4.65. The molecule has 7 heteroatoms. The van der Waals surface area contributed by atoms with Gasteiger partial charge in [-0.05, 0) is 66.9 Å². The molecule has 158 valence electrons. The van der Waals surface area contributed by atoms with Gasteiger partial charge in [-0.3, -0.25) is 9.78 Å². The van der Waals surface area contributed by atoms with Crippen molar-refractivity contribution in [1.29, 1.82) is 0 Å². The van der Waals surface area contributed by atoms with Gasteiger partial charge < -0.3 is 4.90 Å². The Morgan fingerprint density at radius 2 is 2.00 bits per heavy atom. The molecule has 5 rings (SSSR count). The second kappa shape index (κ2) is 8.06. The zero-order valence-electron chi connectivity index (χ0n) is 18.0. The molecule has 1 aliphatic rings. The van der Waals surface area contributed by atoms with Gasteiger partial charge in [-0.2, -0.15) is 4.52 Å². The maximum Gasteiger partial charge on any atom is 0.255 e. The predicted octanol–water partition coefficient (Wildman–Crippen LogP) is 4.26. The predicted molar refractivity (Wildman–Crippen MR) is 119 cm³/mol. The third-order valence-electron chi connectivity index (χ3n) is 6.30. The zero-order chi connectivity index (χ0) is 21.4. The van der Waals surface area contributed by atoms with Crippen molar-refractivity contribution in [2.75, 3.05) is 0 Å². The minimum absolute atomic E-state index is 0.0196. The lowest BCUT2D eigenvalue weighted by atomic mass is 9.93. The van der Waals surface area contributed by atoms with Gasteiger partial charge in [-0.15, -0.1) is 5.10 Å². The molecule has 1 saturated carbocycles. The van der Waals surface area contributed by atoms with Crippen LogP contribution in [0.15, 0.2) is 42.7 Å². The Bertz CT molecular complexity index is 1240. The summed E-state index contributed by atoms with van der Waals surface area (Å²) < 4.78 is 1.81. The molecule has 1 fully saturated rings. The number of tetrazole rings is 1. The van der Waals surface area contributed by atoms with Crippen molar-refractivity contribution in [3.8, 4) is 0 Å². The number of hydrogen-bond acceptors (Lipinski definition) is 5. The molecule has 0 bridgehead atoms. The maximum atomic E-state index is 13.5. The molecule has 1 aromatic carbocycles. The molecule has 3 aromatic heterocycles. The number of hydrogen-bond donors (Lipinski definition) is 0. The van der Waals surface area contributed by atoms with Crippen LogP contribution < -0.4 is 0 Å². The molecule has 0 aliphatic heterocycles. The van der Waals surface area contributed by atoms with E-state index in [0.717, 1.165) is 47.7 Å². The quantitative estimate of drug-likeness (QED) is 0.499. The second-order valence-electron chi connectivity index (χ2n) is 8.57. The minimum atomic E-state index is 0.0196. The molecule has 3 heterocycles. The number of pyridine rings is 2. The summed E-state index contributed by atoms with van der Waals surface area (Å²) in [7, 11) is 0. The Balaban J connectivity index is 1.61. The zero-order valence-corrected chi connectivity index (χ0v) is 18.0. The van der Waals surface area contributed by atoms with Gasteiger partial charge in [0.1, 0.15) is 0 Å². The van der Waals surface area contributed by atoms with E-state index in [-0.39, 0.29) is 11.9 Å². The van der Waals surface area contributed by atoms with E-state index >= 15 is 0 Å². The molecular formula is C24H26N6O. The fraction of sp³-hybridized carbons (Fsp3) is 0.375. The number of carbonyl (C=O) groups is 1. The summed E-state index contributed by atoms with van der Waals surface area (Å²) in [5.41, 5.74) is 5.63. The molecule has 1 amide bonds. The number of nitrogens with zero attached hydrogens (tertiary/aromatic N) is 6. The topological polar surface area (TPSA) is 76.3 Å². The number of carbonyl (C=O) groups excluding carboxylic acids is 1. The Morgan fingerprint density at radius 1 is 1.16 bits per heavy atom. The number of aryl methyl sites for hydroxylation is 2. The summed E-state index contributed by atoms with van der Waals surface area (Å²) in [6, 6.07) is 10.3. The largest absolute Gasteiger partial charge is 0.331 e. The minimum Gasteiger partial charge on any atom is -0.331 e. The monoisotopic (exact) mass is 414 g/mol. The van der Waals surface area contributed by atoms with Crippen molar-refractivity contribution in [3.05, 3.63) is 65.0 Å². The summed E-state index contributed by atoms with van der Waals surface area (Å²) in [5.74, 6) is 0.0196. The van der Waals surface area contributed by atoms with Crippen LogP contribution in [0.25, 0.3) is 16.6 Å². The average molecular weight is 415 g/mol. The first-order chi connectivity index (χ1) is 15.1. The average Bonchev–Trinajstić information content (AvgIpc) is 3.27. The lowest BCUT2D eigenvalue weighted by molar-refractivity contribution is 0.0614. The first kappa shape index (κ1) is 19.6. The van der Waals surface area contributed by atoms with Gasteiger partial charge in [0.15, 0.2) is 5.65 Å². The van der Waals surface area contributed by atoms with Gasteiger partial charge in [0.05, 0.1) is 17.6 Å². The van der Waals surface area contributed by atoms with E-state index in [2.05, 4.69) is 52.6 Å². The standard InChI is InChI=1S/C24H26N6O/c1-16-11-17(2)22-19(12-16)13-20(23-26-27-28-30(22)23)15-29(21-8-4-3-5-9-21)24(31)18-7-6-10-25-14-18/h6-7,10-14,21H,3-5,8-9,15H2,1-2H3. The summed E-state index contributed by atoms with van der Waals surface area (Å²) >= 11 is 0. The van der Waals surface area contributed by atoms with E-state index in [1.165, 1.54) is 12.0 Å². The number of amides is 1. The van der Waals surface area contributed by atoms with Crippen LogP contribution in [0.4, 0.5) is 0 Å². The molecule has 0 spiro atoms. The Morgan fingerprint density at radius 3 is 2.77 bits per heavy atom. The molecule has 0 atom stereocenters. The van der Waals surface area contributed by atoms with Gasteiger partial charge in [-0.25, -0.2) is 0 Å². The maximum absolute atomic E-state index is 13.5. The van der Waals surface area contributed by atoms with Crippen molar-refractivity contribution < 1.29 is 4.79 Å². The van der Waals surface area contributed by atoms with Crippen LogP contribution in [0.2, 0.25) is 0 Å². The van der Waals surface area contributed by atoms with Gasteiger partial charge >= 0.3 is 0 Å². The number of fused-ring (bicyclic) bond motifs is 3. The van der Waals surface area contributed by atoms with Crippen LogP contribution in [-0.2, 0) is 6.54 Å². The Kier molecular flexibility index (Phi) is 5.10. The van der Waals surface area contributed by atoms with Crippen molar-refractivity contribution >= 4 is 22.5 Å². The molecule has 1 aliphatic carbocycles. The summed E-state index contributed by atoms with van der Waals surface area (Å²) in [4.78, 5) is 19.7. The highest BCUT2D eigenvalue weighted by Gasteiger charge is 2.28. The SMILES string of the molecule is Cc1cc(C)c2c(c1)cc(CN(C(=O)c1cccnc1)C1CCCCC1)c1nnnn12. The normalized spacial score (nSPS) is 14.9. The van der Waals surface area contributed by atoms with E-state index in [0.29, 0.717) is 17.8 Å². The van der Waals surface area contributed by atoms with Crippen LogP contribution in [0.5, 0.6) is 0 Å². The highest BCUT2D eigenvalue weighted by atomic mass is 16.2. The highest BCUT2D eigenvalue weighted by molar-refractivity contribution is 5.94. The number of aromatic nitrogens is 5. The smallest absolute Gasteiger partial charge is 0.255 e. The molecule has 0 radical (unpaired) electrons. The fourth-order valence-corrected chi connectivity index (χ4v) is 4.90. The van der Waals surface area contributed by atoms with E-state index < -0.39 is 0 Å². The molecule has 0 unspecified atom stereocenters. The van der Waals surface area contributed by atoms with E-state index in [1.54, 1.807) is 12.4 Å². The first-order valence-electron chi connectivity index (χ1n) is 10.9.